The highest BCUT2D eigenvalue weighted by atomic mass is 16.5. The summed E-state index contributed by atoms with van der Waals surface area (Å²) in [7, 11) is 1.95. The number of aromatic nitrogens is 4. The minimum absolute atomic E-state index is 0.244. The van der Waals surface area contributed by atoms with E-state index in [0.29, 0.717) is 42.9 Å². The fourth-order valence-electron chi connectivity index (χ4n) is 6.19. The highest BCUT2D eigenvalue weighted by Crippen LogP contribution is 2.53. The van der Waals surface area contributed by atoms with E-state index in [1.807, 2.05) is 35.9 Å². The molecule has 2 aliphatic carbocycles. The minimum Gasteiger partial charge on any atom is -0.490 e. The van der Waals surface area contributed by atoms with Crippen LogP contribution in [0.1, 0.15) is 85.5 Å². The van der Waals surface area contributed by atoms with E-state index >= 15 is 0 Å². The summed E-state index contributed by atoms with van der Waals surface area (Å²) in [5, 5.41) is 24.5. The molecule has 2 saturated carbocycles. The molecule has 3 aromatic rings. The van der Waals surface area contributed by atoms with Gasteiger partial charge in [-0.05, 0) is 55.4 Å². The monoisotopic (exact) mass is 525 g/mol. The molecule has 0 atom stereocenters. The Morgan fingerprint density at radius 1 is 1.26 bits per heavy atom. The summed E-state index contributed by atoms with van der Waals surface area (Å²) >= 11 is 0. The van der Waals surface area contributed by atoms with Crippen molar-refractivity contribution in [3.8, 4) is 11.8 Å². The second-order valence-electron chi connectivity index (χ2n) is 12.0. The third kappa shape index (κ3) is 4.57. The third-order valence-electron chi connectivity index (χ3n) is 8.65. The maximum Gasteiger partial charge on any atom is 0.274 e. The van der Waals surface area contributed by atoms with Crippen molar-refractivity contribution >= 4 is 11.6 Å². The summed E-state index contributed by atoms with van der Waals surface area (Å²) in [6, 6.07) is 12.7. The maximum absolute atomic E-state index is 13.5. The Morgan fingerprint density at radius 3 is 2.77 bits per heavy atom. The van der Waals surface area contributed by atoms with Gasteiger partial charge < -0.3 is 19.9 Å². The quantitative estimate of drug-likeness (QED) is 0.448. The van der Waals surface area contributed by atoms with E-state index in [-0.39, 0.29) is 16.7 Å². The predicted molar refractivity (Wildman–Crippen MR) is 146 cm³/mol. The summed E-state index contributed by atoms with van der Waals surface area (Å²) < 4.78 is 8.01. The van der Waals surface area contributed by atoms with Gasteiger partial charge in [-0.25, -0.2) is 4.98 Å². The van der Waals surface area contributed by atoms with Crippen LogP contribution in [0.3, 0.4) is 0 Å². The van der Waals surface area contributed by atoms with Gasteiger partial charge in [-0.15, -0.1) is 10.2 Å². The highest BCUT2D eigenvalue weighted by Gasteiger charge is 2.49. The first-order valence-corrected chi connectivity index (χ1v) is 13.8. The Bertz CT molecular complexity index is 1440. The number of amides is 1. The van der Waals surface area contributed by atoms with E-state index in [1.54, 1.807) is 6.33 Å². The Labute approximate surface area is 229 Å². The summed E-state index contributed by atoms with van der Waals surface area (Å²) in [5.74, 6) is 1.77. The topological polar surface area (TPSA) is 118 Å². The number of pyridine rings is 1. The first-order valence-electron chi connectivity index (χ1n) is 13.8. The number of rotatable bonds is 8. The molecule has 1 aliphatic heterocycles. The molecule has 2 N–H and O–H groups in total. The molecule has 1 amide bonds. The van der Waals surface area contributed by atoms with E-state index in [4.69, 9.17) is 9.72 Å². The van der Waals surface area contributed by atoms with Crippen LogP contribution < -0.4 is 15.4 Å². The Hall–Kier alpha value is -3.77. The lowest BCUT2D eigenvalue weighted by Crippen LogP contribution is -2.44. The van der Waals surface area contributed by atoms with Gasteiger partial charge in [-0.2, -0.15) is 5.26 Å². The number of nitrogens with zero attached hydrogens (tertiary/aromatic N) is 5. The number of nitrogens with one attached hydrogen (secondary N) is 2. The van der Waals surface area contributed by atoms with Crippen LogP contribution >= 0.6 is 0 Å². The first-order chi connectivity index (χ1) is 18.8. The Kier molecular flexibility index (Phi) is 6.38. The molecule has 0 spiro atoms. The largest absolute Gasteiger partial charge is 0.490 e. The molecule has 0 bridgehead atoms. The zero-order chi connectivity index (χ0) is 27.2. The molecule has 3 heterocycles. The van der Waals surface area contributed by atoms with Crippen LogP contribution in [0.15, 0.2) is 36.7 Å². The van der Waals surface area contributed by atoms with Gasteiger partial charge in [0.1, 0.15) is 23.6 Å². The van der Waals surface area contributed by atoms with Gasteiger partial charge in [0.15, 0.2) is 0 Å². The minimum atomic E-state index is -0.332. The number of fused-ring (bicyclic) bond motifs is 1. The predicted octanol–water partition coefficient (Wildman–Crippen LogP) is 4.38. The third-order valence-corrected chi connectivity index (χ3v) is 8.65. The molecule has 0 unspecified atom stereocenters. The van der Waals surface area contributed by atoms with Crippen molar-refractivity contribution in [2.75, 3.05) is 11.9 Å². The number of hydrogen-bond donors (Lipinski definition) is 2. The Morgan fingerprint density at radius 2 is 2.08 bits per heavy atom. The first kappa shape index (κ1) is 25.5. The van der Waals surface area contributed by atoms with Crippen LogP contribution in [0.2, 0.25) is 0 Å². The number of hydrogen-bond acceptors (Lipinski definition) is 7. The van der Waals surface area contributed by atoms with Crippen molar-refractivity contribution in [3.63, 3.8) is 0 Å². The average Bonchev–Trinajstić information content (AvgIpc) is 3.42. The molecule has 2 aromatic heterocycles. The fourth-order valence-corrected chi connectivity index (χ4v) is 6.19. The number of nitriles is 1. The van der Waals surface area contributed by atoms with Crippen molar-refractivity contribution < 1.29 is 9.53 Å². The summed E-state index contributed by atoms with van der Waals surface area (Å²) in [6.07, 6.45) is 7.53. The molecule has 6 rings (SSSR count). The number of aryl methyl sites for hydroxylation is 1. The standard InChI is InChI=1S/C30H35N7O2/c1-29(2)17-39-25-20(16-32-22-7-5-8-22)12-24(35-26(25)29)27(38)34-23-9-4-6-21(13-23)30(14-19(15-30)10-11-31)28-36-33-18-37(28)3/h4,6,9,12-13,18-19,22,32H,5,7-8,10,14-17H2,1-3H3,(H,34,38). The van der Waals surface area contributed by atoms with Crippen molar-refractivity contribution in [2.24, 2.45) is 13.0 Å². The van der Waals surface area contributed by atoms with E-state index in [1.165, 1.54) is 19.3 Å². The van der Waals surface area contributed by atoms with Gasteiger partial charge in [0, 0.05) is 42.7 Å². The van der Waals surface area contributed by atoms with Gasteiger partial charge in [-0.3, -0.25) is 4.79 Å². The van der Waals surface area contributed by atoms with Crippen LogP contribution in [0, 0.1) is 17.2 Å². The van der Waals surface area contributed by atoms with E-state index in [0.717, 1.165) is 41.2 Å². The highest BCUT2D eigenvalue weighted by molar-refractivity contribution is 6.03. The molecule has 3 aliphatic rings. The molecule has 0 radical (unpaired) electrons. The number of anilines is 1. The van der Waals surface area contributed by atoms with Crippen LogP contribution in [-0.4, -0.2) is 38.3 Å². The molecular formula is C30H35N7O2. The SMILES string of the molecule is Cn1cnnc1C1(c2cccc(NC(=O)c3cc(CNC4CCC4)c4c(n3)C(C)(C)CO4)c2)CC(CC#N)C1. The normalized spacial score (nSPS) is 23.2. The fraction of sp³-hybridized carbons (Fsp3) is 0.500. The molecule has 9 heteroatoms. The van der Waals surface area contributed by atoms with Crippen molar-refractivity contribution in [1.29, 1.82) is 5.26 Å². The summed E-state index contributed by atoms with van der Waals surface area (Å²) in [6.45, 7) is 5.41. The van der Waals surface area contributed by atoms with E-state index in [9.17, 15) is 10.1 Å². The average molecular weight is 526 g/mol. The van der Waals surface area contributed by atoms with Gasteiger partial charge in [0.25, 0.3) is 5.91 Å². The van der Waals surface area contributed by atoms with E-state index in [2.05, 4.69) is 46.8 Å². The van der Waals surface area contributed by atoms with Crippen LogP contribution in [-0.2, 0) is 24.4 Å². The van der Waals surface area contributed by atoms with Gasteiger partial charge in [0.2, 0.25) is 0 Å². The van der Waals surface area contributed by atoms with Crippen molar-refractivity contribution in [2.45, 2.75) is 75.8 Å². The van der Waals surface area contributed by atoms with Gasteiger partial charge >= 0.3 is 0 Å². The smallest absolute Gasteiger partial charge is 0.274 e. The lowest BCUT2D eigenvalue weighted by molar-refractivity contribution is 0.102. The molecule has 202 valence electrons. The van der Waals surface area contributed by atoms with Crippen molar-refractivity contribution in [1.82, 2.24) is 25.1 Å². The van der Waals surface area contributed by atoms with Crippen LogP contribution in [0.5, 0.6) is 5.75 Å². The second kappa shape index (κ2) is 9.76. The second-order valence-corrected chi connectivity index (χ2v) is 12.0. The zero-order valence-corrected chi connectivity index (χ0v) is 22.8. The molecular weight excluding hydrogens is 490 g/mol. The summed E-state index contributed by atoms with van der Waals surface area (Å²) in [4.78, 5) is 18.3. The molecule has 2 fully saturated rings. The number of benzene rings is 1. The van der Waals surface area contributed by atoms with E-state index < -0.39 is 0 Å². The molecule has 0 saturated heterocycles. The van der Waals surface area contributed by atoms with Crippen molar-refractivity contribution in [3.05, 3.63) is 65.0 Å². The van der Waals surface area contributed by atoms with Crippen LogP contribution in [0.4, 0.5) is 5.69 Å². The lowest BCUT2D eigenvalue weighted by atomic mass is 9.57. The Balaban J connectivity index is 1.27. The number of ether oxygens (including phenoxy) is 1. The van der Waals surface area contributed by atoms with Crippen LogP contribution in [0.25, 0.3) is 0 Å². The lowest BCUT2D eigenvalue weighted by Gasteiger charge is -2.46. The molecule has 9 nitrogen and oxygen atoms in total. The van der Waals surface area contributed by atoms with Gasteiger partial charge in [0.05, 0.1) is 23.8 Å². The molecule has 1 aromatic carbocycles. The number of carbonyl (C=O) groups excluding carboxylic acids is 1. The number of carbonyl (C=O) groups is 1. The molecule has 39 heavy (non-hydrogen) atoms. The summed E-state index contributed by atoms with van der Waals surface area (Å²) in [5.41, 5.74) is 3.39. The maximum atomic E-state index is 13.5. The zero-order valence-electron chi connectivity index (χ0n) is 22.8. The van der Waals surface area contributed by atoms with Gasteiger partial charge in [-0.1, -0.05) is 32.4 Å².